The van der Waals surface area contributed by atoms with Gasteiger partial charge in [-0.2, -0.15) is 0 Å². The van der Waals surface area contributed by atoms with Gasteiger partial charge < -0.3 is 15.3 Å². The van der Waals surface area contributed by atoms with Crippen LogP contribution >= 0.6 is 0 Å². The van der Waals surface area contributed by atoms with E-state index in [1.165, 1.54) is 0 Å². The summed E-state index contributed by atoms with van der Waals surface area (Å²) >= 11 is 0. The summed E-state index contributed by atoms with van der Waals surface area (Å²) in [6, 6.07) is 16.3. The first-order chi connectivity index (χ1) is 17.8. The van der Waals surface area contributed by atoms with Gasteiger partial charge in [0.25, 0.3) is 0 Å². The molecule has 0 radical (unpaired) electrons. The van der Waals surface area contributed by atoms with Crippen LogP contribution in [0.4, 0.5) is 0 Å². The Bertz CT molecular complexity index is 1110. The molecular weight excluding hydrogens is 464 g/mol. The van der Waals surface area contributed by atoms with Crippen LogP contribution in [0.25, 0.3) is 0 Å². The molecule has 0 saturated heterocycles. The Morgan fingerprint density at radius 2 is 0.838 bits per heavy atom. The van der Waals surface area contributed by atoms with E-state index in [1.54, 1.807) is 36.8 Å². The van der Waals surface area contributed by atoms with Crippen molar-refractivity contribution < 1.29 is 15.3 Å². The predicted molar refractivity (Wildman–Crippen MR) is 152 cm³/mol. The number of aryl methyl sites for hydroxylation is 3. The molecule has 3 rings (SSSR count). The average molecular weight is 501 g/mol. The van der Waals surface area contributed by atoms with Crippen molar-refractivity contribution in [1.29, 1.82) is 0 Å². The van der Waals surface area contributed by atoms with Crippen LogP contribution in [-0.4, -0.2) is 78.1 Å². The van der Waals surface area contributed by atoms with Gasteiger partial charge in [0.2, 0.25) is 0 Å². The van der Waals surface area contributed by atoms with Crippen LogP contribution < -0.4 is 0 Å². The van der Waals surface area contributed by atoms with Gasteiger partial charge in [0.15, 0.2) is 0 Å². The number of hydrogen-bond acceptors (Lipinski definition) is 7. The zero-order valence-corrected chi connectivity index (χ0v) is 21.8. The zero-order valence-electron chi connectivity index (χ0n) is 21.8. The molecule has 7 heteroatoms. The van der Waals surface area contributed by atoms with Gasteiger partial charge in [-0.3, -0.25) is 19.9 Å². The number of rotatable bonds is 12. The lowest BCUT2D eigenvalue weighted by Gasteiger charge is -2.19. The second kappa shape index (κ2) is 13.9. The molecule has 7 nitrogen and oxygen atoms in total. The first-order valence-corrected chi connectivity index (χ1v) is 12.4. The SMILES string of the molecule is Cc1ccc(O)c(C=NCCN(CCN=Cc2cc(C)ccc2O)CCN=Cc2cc(C)ccc2O)c1. The molecule has 0 heterocycles. The van der Waals surface area contributed by atoms with Gasteiger partial charge in [-0.15, -0.1) is 0 Å². The molecule has 0 saturated carbocycles. The maximum atomic E-state index is 10.0. The van der Waals surface area contributed by atoms with Crippen LogP contribution in [0.1, 0.15) is 33.4 Å². The van der Waals surface area contributed by atoms with E-state index >= 15 is 0 Å². The van der Waals surface area contributed by atoms with E-state index in [2.05, 4.69) is 19.9 Å². The van der Waals surface area contributed by atoms with E-state index in [1.807, 2.05) is 57.2 Å². The topological polar surface area (TPSA) is 101 Å². The first-order valence-electron chi connectivity index (χ1n) is 12.4. The second-order valence-corrected chi connectivity index (χ2v) is 9.13. The van der Waals surface area contributed by atoms with Crippen LogP contribution in [0.2, 0.25) is 0 Å². The summed E-state index contributed by atoms with van der Waals surface area (Å²) in [5.41, 5.74) is 5.31. The lowest BCUT2D eigenvalue weighted by Crippen LogP contribution is -2.31. The maximum Gasteiger partial charge on any atom is 0.124 e. The summed E-state index contributed by atoms with van der Waals surface area (Å²) in [5.74, 6) is 0.649. The summed E-state index contributed by atoms with van der Waals surface area (Å²) < 4.78 is 0. The number of aromatic hydroxyl groups is 3. The molecule has 37 heavy (non-hydrogen) atoms. The van der Waals surface area contributed by atoms with Crippen molar-refractivity contribution in [3.63, 3.8) is 0 Å². The Morgan fingerprint density at radius 1 is 0.541 bits per heavy atom. The van der Waals surface area contributed by atoms with Crippen molar-refractivity contribution in [2.75, 3.05) is 39.3 Å². The molecule has 194 valence electrons. The van der Waals surface area contributed by atoms with Crippen molar-refractivity contribution in [2.45, 2.75) is 20.8 Å². The number of hydrogen-bond donors (Lipinski definition) is 3. The molecule has 3 N–H and O–H groups in total. The molecule has 0 aliphatic heterocycles. The molecule has 0 spiro atoms. The van der Waals surface area contributed by atoms with Crippen LogP contribution in [0.15, 0.2) is 69.6 Å². The minimum atomic E-state index is 0.216. The van der Waals surface area contributed by atoms with E-state index in [0.717, 1.165) is 16.7 Å². The molecule has 0 aromatic heterocycles. The van der Waals surface area contributed by atoms with Crippen LogP contribution in [0.5, 0.6) is 17.2 Å². The van der Waals surface area contributed by atoms with Crippen LogP contribution in [-0.2, 0) is 0 Å². The Hall–Kier alpha value is -3.97. The highest BCUT2D eigenvalue weighted by Crippen LogP contribution is 2.17. The highest BCUT2D eigenvalue weighted by Gasteiger charge is 2.05. The summed E-state index contributed by atoms with van der Waals surface area (Å²) in [7, 11) is 0. The molecule has 3 aromatic rings. The molecule has 0 aliphatic rings. The first kappa shape index (κ1) is 27.6. The Balaban J connectivity index is 1.59. The molecule has 0 unspecified atom stereocenters. The zero-order chi connectivity index (χ0) is 26.6. The van der Waals surface area contributed by atoms with Crippen molar-refractivity contribution in [3.8, 4) is 17.2 Å². The van der Waals surface area contributed by atoms with Gasteiger partial charge in [-0.25, -0.2) is 0 Å². The van der Waals surface area contributed by atoms with E-state index in [4.69, 9.17) is 0 Å². The number of phenols is 3. The molecule has 0 amide bonds. The van der Waals surface area contributed by atoms with E-state index in [0.29, 0.717) is 56.0 Å². The lowest BCUT2D eigenvalue weighted by atomic mass is 10.1. The fourth-order valence-corrected chi connectivity index (χ4v) is 3.75. The van der Waals surface area contributed by atoms with Gasteiger partial charge in [0.1, 0.15) is 17.2 Å². The fourth-order valence-electron chi connectivity index (χ4n) is 3.75. The van der Waals surface area contributed by atoms with Crippen LogP contribution in [0, 0.1) is 20.8 Å². The largest absolute Gasteiger partial charge is 0.507 e. The Kier molecular flexibility index (Phi) is 10.4. The van der Waals surface area contributed by atoms with E-state index < -0.39 is 0 Å². The third-order valence-corrected chi connectivity index (χ3v) is 5.88. The predicted octanol–water partition coefficient (Wildman–Crippen LogP) is 4.69. The van der Waals surface area contributed by atoms with E-state index in [9.17, 15) is 15.3 Å². The molecular formula is C30H36N4O3. The highest BCUT2D eigenvalue weighted by molar-refractivity contribution is 5.84. The van der Waals surface area contributed by atoms with Gasteiger partial charge in [0.05, 0.1) is 19.6 Å². The monoisotopic (exact) mass is 500 g/mol. The quantitative estimate of drug-likeness (QED) is 0.314. The normalized spacial score (nSPS) is 12.0. The molecule has 0 bridgehead atoms. The summed E-state index contributed by atoms with van der Waals surface area (Å²) in [5, 5.41) is 30.1. The second-order valence-electron chi connectivity index (χ2n) is 9.13. The van der Waals surface area contributed by atoms with Gasteiger partial charge >= 0.3 is 0 Å². The minimum absolute atomic E-state index is 0.216. The molecule has 0 fully saturated rings. The van der Waals surface area contributed by atoms with Crippen molar-refractivity contribution in [2.24, 2.45) is 15.0 Å². The summed E-state index contributed by atoms with van der Waals surface area (Å²) in [6.07, 6.45) is 5.12. The molecule has 0 aliphatic carbocycles. The summed E-state index contributed by atoms with van der Waals surface area (Å²) in [6.45, 7) is 9.76. The van der Waals surface area contributed by atoms with Crippen molar-refractivity contribution >= 4 is 18.6 Å². The lowest BCUT2D eigenvalue weighted by molar-refractivity contribution is 0.298. The highest BCUT2D eigenvalue weighted by atomic mass is 16.3. The Morgan fingerprint density at radius 3 is 1.14 bits per heavy atom. The molecule has 0 atom stereocenters. The third-order valence-electron chi connectivity index (χ3n) is 5.88. The van der Waals surface area contributed by atoms with Crippen molar-refractivity contribution in [1.82, 2.24) is 4.90 Å². The van der Waals surface area contributed by atoms with Gasteiger partial charge in [-0.05, 0) is 57.2 Å². The van der Waals surface area contributed by atoms with E-state index in [-0.39, 0.29) is 17.2 Å². The van der Waals surface area contributed by atoms with Crippen LogP contribution in [0.3, 0.4) is 0 Å². The van der Waals surface area contributed by atoms with Gasteiger partial charge in [0, 0.05) is 55.0 Å². The minimum Gasteiger partial charge on any atom is -0.507 e. The van der Waals surface area contributed by atoms with Gasteiger partial charge in [-0.1, -0.05) is 34.9 Å². The standard InChI is InChI=1S/C30H36N4O3/c1-22-4-7-28(35)25(16-22)19-31-10-13-34(14-11-32-20-26-17-23(2)5-8-29(26)36)15-12-33-21-27-18-24(3)6-9-30(27)37/h4-9,16-21,35-37H,10-15H2,1-3H3. The smallest absolute Gasteiger partial charge is 0.124 e. The number of phenolic OH excluding ortho intramolecular Hbond substituents is 3. The average Bonchev–Trinajstić information content (AvgIpc) is 2.87. The number of nitrogens with zero attached hydrogens (tertiary/aromatic N) is 4. The number of aliphatic imine (C=N–C) groups is 3. The third kappa shape index (κ3) is 9.20. The number of benzene rings is 3. The fraction of sp³-hybridized carbons (Fsp3) is 0.300. The Labute approximate surface area is 219 Å². The summed E-state index contributed by atoms with van der Waals surface area (Å²) in [4.78, 5) is 15.8. The maximum absolute atomic E-state index is 10.0. The van der Waals surface area contributed by atoms with Crippen molar-refractivity contribution in [3.05, 3.63) is 88.0 Å². The molecule has 3 aromatic carbocycles.